The van der Waals surface area contributed by atoms with E-state index in [1.807, 2.05) is 19.1 Å². The van der Waals surface area contributed by atoms with Gasteiger partial charge in [-0.25, -0.2) is 13.8 Å². The van der Waals surface area contributed by atoms with Crippen molar-refractivity contribution in [3.05, 3.63) is 112 Å². The number of nitrogens with zero attached hydrogens (tertiary/aromatic N) is 3. The highest BCUT2D eigenvalue weighted by Gasteiger charge is 2.47. The molecule has 1 heterocycles. The first-order chi connectivity index (χ1) is 15.5. The number of aryl methyl sites for hydroxylation is 1. The van der Waals surface area contributed by atoms with Gasteiger partial charge in [-0.3, -0.25) is 4.79 Å². The molecule has 0 bridgehead atoms. The van der Waals surface area contributed by atoms with Crippen LogP contribution in [0, 0.1) is 11.6 Å². The summed E-state index contributed by atoms with van der Waals surface area (Å²) in [6.07, 6.45) is 1.93. The van der Waals surface area contributed by atoms with Crippen LogP contribution in [-0.4, -0.2) is 15.4 Å². The smallest absolute Gasteiger partial charge is 0.267 e. The van der Waals surface area contributed by atoms with Gasteiger partial charge in [0.25, 0.3) is 5.56 Å². The summed E-state index contributed by atoms with van der Waals surface area (Å²) in [6.45, 7) is 1.93. The molecule has 1 fully saturated rings. The van der Waals surface area contributed by atoms with Gasteiger partial charge in [-0.2, -0.15) is 9.78 Å². The van der Waals surface area contributed by atoms with E-state index in [2.05, 4.69) is 4.98 Å². The molecule has 1 aromatic heterocycles. The van der Waals surface area contributed by atoms with E-state index < -0.39 is 5.41 Å². The van der Waals surface area contributed by atoms with E-state index in [0.29, 0.717) is 29.6 Å². The predicted molar refractivity (Wildman–Crippen MR) is 121 cm³/mol. The number of halogens is 2. The summed E-state index contributed by atoms with van der Waals surface area (Å²) in [7, 11) is 0. The van der Waals surface area contributed by atoms with Gasteiger partial charge in [0.15, 0.2) is 0 Å². The van der Waals surface area contributed by atoms with Crippen molar-refractivity contribution in [1.29, 1.82) is 0 Å². The van der Waals surface area contributed by atoms with E-state index in [4.69, 9.17) is 5.10 Å². The highest BCUT2D eigenvalue weighted by Crippen LogP contribution is 2.47. The molecule has 4 aromatic rings. The second-order valence-corrected chi connectivity index (χ2v) is 7.98. The van der Waals surface area contributed by atoms with Crippen LogP contribution in [0.25, 0.3) is 10.9 Å². The molecule has 0 amide bonds. The molecule has 0 N–H and O–H groups in total. The third kappa shape index (κ3) is 3.14. The molecule has 0 atom stereocenters. The van der Waals surface area contributed by atoms with Crippen molar-refractivity contribution in [2.24, 2.45) is 5.10 Å². The van der Waals surface area contributed by atoms with Crippen LogP contribution in [0.1, 0.15) is 36.7 Å². The van der Waals surface area contributed by atoms with Crippen LogP contribution in [0.3, 0.4) is 0 Å². The van der Waals surface area contributed by atoms with Crippen LogP contribution < -0.4 is 5.56 Å². The molecule has 0 aliphatic heterocycles. The fraction of sp³-hybridized carbons (Fsp3) is 0.192. The molecule has 0 radical (unpaired) electrons. The van der Waals surface area contributed by atoms with Crippen LogP contribution in [0.5, 0.6) is 0 Å². The largest absolute Gasteiger partial charge is 0.282 e. The molecule has 3 aromatic carbocycles. The molecule has 5 rings (SSSR count). The molecule has 6 heteroatoms. The standard InChI is InChI=1S/C26H21F2N3O/c1-2-24-29-22-6-4-3-5-21(22)25(32)31(24)30-23-15-16-26(23,17-7-11-19(27)12-8-17)18-9-13-20(28)14-10-18/h3-14H,2,15-16H2,1H3/b30-23+. The summed E-state index contributed by atoms with van der Waals surface area (Å²) < 4.78 is 28.7. The lowest BCUT2D eigenvalue weighted by molar-refractivity contribution is 0.524. The number of hydrogen-bond acceptors (Lipinski definition) is 3. The van der Waals surface area contributed by atoms with Gasteiger partial charge in [-0.15, -0.1) is 0 Å². The zero-order valence-electron chi connectivity index (χ0n) is 17.6. The Kier molecular flexibility index (Phi) is 4.93. The first kappa shape index (κ1) is 20.2. The van der Waals surface area contributed by atoms with E-state index in [-0.39, 0.29) is 17.2 Å². The SMILES string of the molecule is CCc1nc2ccccc2c(=O)n1/N=C1\CCC1(c1ccc(F)cc1)c1ccc(F)cc1. The van der Waals surface area contributed by atoms with Crippen LogP contribution in [0.2, 0.25) is 0 Å². The molecule has 0 saturated heterocycles. The lowest BCUT2D eigenvalue weighted by Crippen LogP contribution is -2.47. The Hall–Kier alpha value is -3.67. The Morgan fingerprint density at radius 2 is 1.53 bits per heavy atom. The number of rotatable bonds is 4. The van der Waals surface area contributed by atoms with Crippen LogP contribution in [0.15, 0.2) is 82.7 Å². The lowest BCUT2D eigenvalue weighted by Gasteiger charge is -2.44. The zero-order chi connectivity index (χ0) is 22.3. The van der Waals surface area contributed by atoms with Gasteiger partial charge in [0.05, 0.1) is 22.0 Å². The van der Waals surface area contributed by atoms with Gasteiger partial charge >= 0.3 is 0 Å². The van der Waals surface area contributed by atoms with E-state index in [1.165, 1.54) is 28.9 Å². The highest BCUT2D eigenvalue weighted by molar-refractivity contribution is 6.03. The van der Waals surface area contributed by atoms with Gasteiger partial charge in [0.2, 0.25) is 0 Å². The Morgan fingerprint density at radius 3 is 2.06 bits per heavy atom. The molecule has 32 heavy (non-hydrogen) atoms. The molecular weight excluding hydrogens is 408 g/mol. The molecule has 1 aliphatic carbocycles. The van der Waals surface area contributed by atoms with Crippen molar-refractivity contribution in [3.8, 4) is 0 Å². The topological polar surface area (TPSA) is 47.2 Å². The van der Waals surface area contributed by atoms with Crippen molar-refractivity contribution in [1.82, 2.24) is 9.66 Å². The minimum atomic E-state index is -0.655. The van der Waals surface area contributed by atoms with Crippen molar-refractivity contribution in [3.63, 3.8) is 0 Å². The third-order valence-corrected chi connectivity index (χ3v) is 6.26. The monoisotopic (exact) mass is 429 g/mol. The number of fused-ring (bicyclic) bond motifs is 1. The van der Waals surface area contributed by atoms with Crippen molar-refractivity contribution in [2.75, 3.05) is 0 Å². The van der Waals surface area contributed by atoms with Gasteiger partial charge in [0.1, 0.15) is 17.5 Å². The van der Waals surface area contributed by atoms with Crippen LogP contribution in [-0.2, 0) is 11.8 Å². The van der Waals surface area contributed by atoms with E-state index in [9.17, 15) is 13.6 Å². The summed E-state index contributed by atoms with van der Waals surface area (Å²) in [5.41, 5.74) is 2.24. The molecule has 160 valence electrons. The Balaban J connectivity index is 1.74. The first-order valence-electron chi connectivity index (χ1n) is 10.6. The van der Waals surface area contributed by atoms with Gasteiger partial charge in [-0.05, 0) is 60.4 Å². The van der Waals surface area contributed by atoms with Crippen LogP contribution >= 0.6 is 0 Å². The molecule has 1 saturated carbocycles. The van der Waals surface area contributed by atoms with E-state index >= 15 is 0 Å². The van der Waals surface area contributed by atoms with Crippen molar-refractivity contribution >= 4 is 16.6 Å². The molecular formula is C26H21F2N3O. The quantitative estimate of drug-likeness (QED) is 0.447. The average Bonchev–Trinajstić information content (AvgIpc) is 2.80. The first-order valence-corrected chi connectivity index (χ1v) is 10.6. The number of benzene rings is 3. The van der Waals surface area contributed by atoms with Crippen molar-refractivity contribution in [2.45, 2.75) is 31.6 Å². The fourth-order valence-corrected chi connectivity index (χ4v) is 4.50. The van der Waals surface area contributed by atoms with Crippen molar-refractivity contribution < 1.29 is 8.78 Å². The molecule has 4 nitrogen and oxygen atoms in total. The maximum atomic E-state index is 13.7. The Bertz CT molecular complexity index is 1340. The average molecular weight is 429 g/mol. The third-order valence-electron chi connectivity index (χ3n) is 6.26. The lowest BCUT2D eigenvalue weighted by atomic mass is 9.59. The predicted octanol–water partition coefficient (Wildman–Crippen LogP) is 5.22. The maximum absolute atomic E-state index is 13.7. The Morgan fingerprint density at radius 1 is 0.938 bits per heavy atom. The van der Waals surface area contributed by atoms with Gasteiger partial charge < -0.3 is 0 Å². The van der Waals surface area contributed by atoms with Gasteiger partial charge in [0, 0.05) is 6.42 Å². The summed E-state index contributed by atoms with van der Waals surface area (Å²) in [6, 6.07) is 19.8. The molecule has 0 unspecified atom stereocenters. The zero-order valence-corrected chi connectivity index (χ0v) is 17.6. The Labute approximate surface area is 183 Å². The molecule has 1 aliphatic rings. The maximum Gasteiger partial charge on any atom is 0.282 e. The fourth-order valence-electron chi connectivity index (χ4n) is 4.50. The minimum Gasteiger partial charge on any atom is -0.267 e. The second kappa shape index (κ2) is 7.79. The highest BCUT2D eigenvalue weighted by atomic mass is 19.1. The number of hydrogen-bond donors (Lipinski definition) is 0. The van der Waals surface area contributed by atoms with Crippen LogP contribution in [0.4, 0.5) is 8.78 Å². The van der Waals surface area contributed by atoms with E-state index in [0.717, 1.165) is 23.3 Å². The second-order valence-electron chi connectivity index (χ2n) is 7.98. The summed E-state index contributed by atoms with van der Waals surface area (Å²) in [4.78, 5) is 17.9. The minimum absolute atomic E-state index is 0.223. The molecule has 0 spiro atoms. The number of para-hydroxylation sites is 1. The normalized spacial score (nSPS) is 16.3. The van der Waals surface area contributed by atoms with E-state index in [1.54, 1.807) is 36.4 Å². The summed E-state index contributed by atoms with van der Waals surface area (Å²) in [5.74, 6) is -0.0896. The van der Waals surface area contributed by atoms with Gasteiger partial charge in [-0.1, -0.05) is 43.3 Å². The number of aromatic nitrogens is 2. The summed E-state index contributed by atoms with van der Waals surface area (Å²) in [5, 5.41) is 5.31. The summed E-state index contributed by atoms with van der Waals surface area (Å²) >= 11 is 0.